The van der Waals surface area contributed by atoms with Gasteiger partial charge in [-0.1, -0.05) is 12.1 Å². The normalized spacial score (nSPS) is 12.8. The van der Waals surface area contributed by atoms with Gasteiger partial charge in [0.25, 0.3) is 0 Å². The summed E-state index contributed by atoms with van der Waals surface area (Å²) in [6, 6.07) is 20.0. The van der Waals surface area contributed by atoms with Crippen LogP contribution in [-0.4, -0.2) is 42.2 Å². The number of rotatable bonds is 5. The molecule has 6 rings (SSSR count). The standard InChI is InChI=1S/C27H23N3O4/c1-31-19-8-6-18(7-9-19)26-22-16-30(15-17-4-3-5-20(12-17)32-2)23-14-25-24(33-10-11-34-25)13-21(23)27(22)29-28-26/h3-9,12-14,16H,10-11,15H2,1-2H3. The third-order valence-electron chi connectivity index (χ3n) is 6.12. The van der Waals surface area contributed by atoms with Crippen LogP contribution in [0.5, 0.6) is 23.0 Å². The van der Waals surface area contributed by atoms with Gasteiger partial charge in [0.15, 0.2) is 11.5 Å². The van der Waals surface area contributed by atoms with Gasteiger partial charge in [0.1, 0.15) is 36.1 Å². The van der Waals surface area contributed by atoms with Crippen molar-refractivity contribution in [2.45, 2.75) is 6.54 Å². The van der Waals surface area contributed by atoms with Crippen molar-refractivity contribution in [3.63, 3.8) is 0 Å². The molecule has 0 unspecified atom stereocenters. The molecule has 3 aromatic carbocycles. The molecular formula is C27H23N3O4. The Kier molecular flexibility index (Phi) is 4.95. The van der Waals surface area contributed by atoms with Gasteiger partial charge in [-0.15, -0.1) is 10.2 Å². The Labute approximate surface area is 196 Å². The molecule has 3 heterocycles. The van der Waals surface area contributed by atoms with Crippen molar-refractivity contribution < 1.29 is 18.9 Å². The largest absolute Gasteiger partial charge is 0.497 e. The highest BCUT2D eigenvalue weighted by molar-refractivity contribution is 5.99. The van der Waals surface area contributed by atoms with E-state index in [9.17, 15) is 0 Å². The number of methoxy groups -OCH3 is 2. The number of fused-ring (bicyclic) bond motifs is 4. The smallest absolute Gasteiger partial charge is 0.163 e. The molecule has 7 heteroatoms. The predicted octanol–water partition coefficient (Wildman–Crippen LogP) is 5.04. The van der Waals surface area contributed by atoms with Gasteiger partial charge in [-0.2, -0.15) is 0 Å². The lowest BCUT2D eigenvalue weighted by molar-refractivity contribution is 0.172. The van der Waals surface area contributed by atoms with Crippen LogP contribution in [0.2, 0.25) is 0 Å². The van der Waals surface area contributed by atoms with Gasteiger partial charge in [0, 0.05) is 35.3 Å². The molecule has 3 aromatic rings. The topological polar surface area (TPSA) is 67.6 Å². The van der Waals surface area contributed by atoms with Crippen LogP contribution in [0.4, 0.5) is 0 Å². The van der Waals surface area contributed by atoms with E-state index in [-0.39, 0.29) is 0 Å². The quantitative estimate of drug-likeness (QED) is 0.371. The highest BCUT2D eigenvalue weighted by atomic mass is 16.6. The molecule has 7 nitrogen and oxygen atoms in total. The fourth-order valence-corrected chi connectivity index (χ4v) is 4.43. The highest BCUT2D eigenvalue weighted by Gasteiger charge is 2.23. The first kappa shape index (κ1) is 20.4. The summed E-state index contributed by atoms with van der Waals surface area (Å²) in [5.41, 5.74) is 5.73. The second-order valence-corrected chi connectivity index (χ2v) is 8.16. The Balaban J connectivity index is 1.56. The van der Waals surface area contributed by atoms with Gasteiger partial charge in [0.05, 0.1) is 19.7 Å². The van der Waals surface area contributed by atoms with Crippen molar-refractivity contribution >= 4 is 10.9 Å². The van der Waals surface area contributed by atoms with Crippen LogP contribution in [0, 0.1) is 0 Å². The molecule has 0 bridgehead atoms. The maximum atomic E-state index is 5.88. The summed E-state index contributed by atoms with van der Waals surface area (Å²) in [7, 11) is 3.34. The van der Waals surface area contributed by atoms with Gasteiger partial charge >= 0.3 is 0 Å². The van der Waals surface area contributed by atoms with E-state index in [1.165, 1.54) is 0 Å². The fourth-order valence-electron chi connectivity index (χ4n) is 4.43. The molecule has 0 N–H and O–H groups in total. The molecule has 0 radical (unpaired) electrons. The van der Waals surface area contributed by atoms with Gasteiger partial charge < -0.3 is 23.5 Å². The molecule has 34 heavy (non-hydrogen) atoms. The molecule has 0 fully saturated rings. The number of benzene rings is 3. The molecule has 0 atom stereocenters. The summed E-state index contributed by atoms with van der Waals surface area (Å²) in [5, 5.41) is 10.1. The van der Waals surface area contributed by atoms with Crippen LogP contribution < -0.4 is 18.9 Å². The Morgan fingerprint density at radius 2 is 1.56 bits per heavy atom. The average Bonchev–Trinajstić information content (AvgIpc) is 3.32. The molecule has 0 spiro atoms. The Morgan fingerprint density at radius 1 is 0.824 bits per heavy atom. The summed E-state index contributed by atoms with van der Waals surface area (Å²) >= 11 is 0. The van der Waals surface area contributed by atoms with Crippen molar-refractivity contribution in [1.82, 2.24) is 14.8 Å². The van der Waals surface area contributed by atoms with Gasteiger partial charge in [-0.25, -0.2) is 0 Å². The van der Waals surface area contributed by atoms with Crippen LogP contribution in [0.1, 0.15) is 5.56 Å². The van der Waals surface area contributed by atoms with E-state index in [2.05, 4.69) is 27.0 Å². The zero-order valence-corrected chi connectivity index (χ0v) is 18.9. The second-order valence-electron chi connectivity index (χ2n) is 8.16. The Hall–Kier alpha value is -4.26. The van der Waals surface area contributed by atoms with E-state index < -0.39 is 0 Å². The highest BCUT2D eigenvalue weighted by Crippen LogP contribution is 2.42. The lowest BCUT2D eigenvalue weighted by Gasteiger charge is -2.21. The molecule has 3 aliphatic heterocycles. The van der Waals surface area contributed by atoms with Crippen LogP contribution in [-0.2, 0) is 6.54 Å². The first-order valence-electron chi connectivity index (χ1n) is 11.1. The Bertz CT molecular complexity index is 1460. The van der Waals surface area contributed by atoms with Crippen molar-refractivity contribution in [2.75, 3.05) is 27.4 Å². The predicted molar refractivity (Wildman–Crippen MR) is 129 cm³/mol. The summed E-state index contributed by atoms with van der Waals surface area (Å²) < 4.78 is 24.7. The van der Waals surface area contributed by atoms with Crippen molar-refractivity contribution in [3.8, 4) is 45.5 Å². The zero-order chi connectivity index (χ0) is 23.1. The molecule has 0 amide bonds. The molecule has 0 saturated carbocycles. The number of nitrogens with zero attached hydrogens (tertiary/aromatic N) is 3. The fraction of sp³-hybridized carbons (Fsp3) is 0.185. The van der Waals surface area contributed by atoms with E-state index >= 15 is 0 Å². The molecule has 0 aliphatic carbocycles. The number of aromatic nitrogens is 3. The van der Waals surface area contributed by atoms with Crippen LogP contribution in [0.3, 0.4) is 0 Å². The summed E-state index contributed by atoms with van der Waals surface area (Å²) in [6.07, 6.45) is 2.12. The summed E-state index contributed by atoms with van der Waals surface area (Å²) in [6.45, 7) is 1.72. The molecule has 0 saturated heterocycles. The van der Waals surface area contributed by atoms with Crippen molar-refractivity contribution in [1.29, 1.82) is 0 Å². The minimum absolute atomic E-state index is 0.530. The van der Waals surface area contributed by atoms with E-state index in [1.807, 2.05) is 54.6 Å². The molecular weight excluding hydrogens is 430 g/mol. The maximum Gasteiger partial charge on any atom is 0.163 e. The SMILES string of the molecule is COc1ccc(-c2nnc3c4cc5c(cc4n(Cc4cccc(OC)c4)cc2-3)OCCO5)cc1. The second kappa shape index (κ2) is 8.26. The minimum Gasteiger partial charge on any atom is -0.497 e. The number of pyridine rings is 1. The first-order valence-corrected chi connectivity index (χ1v) is 11.1. The third-order valence-corrected chi connectivity index (χ3v) is 6.12. The minimum atomic E-state index is 0.530. The lowest BCUT2D eigenvalue weighted by atomic mass is 10.0. The van der Waals surface area contributed by atoms with E-state index in [1.54, 1.807) is 14.2 Å². The van der Waals surface area contributed by atoms with Crippen molar-refractivity contribution in [2.24, 2.45) is 0 Å². The number of hydrogen-bond donors (Lipinski definition) is 0. The molecule has 170 valence electrons. The van der Waals surface area contributed by atoms with E-state index in [0.29, 0.717) is 19.8 Å². The number of hydrogen-bond acceptors (Lipinski definition) is 6. The monoisotopic (exact) mass is 453 g/mol. The first-order chi connectivity index (χ1) is 16.7. The van der Waals surface area contributed by atoms with Gasteiger partial charge in [-0.05, 0) is 48.0 Å². The number of ether oxygens (including phenoxy) is 4. The average molecular weight is 453 g/mol. The molecule has 0 aromatic heterocycles. The molecule has 3 aliphatic rings. The van der Waals surface area contributed by atoms with Crippen LogP contribution in [0.15, 0.2) is 66.9 Å². The maximum absolute atomic E-state index is 5.88. The third kappa shape index (κ3) is 3.46. The zero-order valence-electron chi connectivity index (χ0n) is 18.9. The van der Waals surface area contributed by atoms with Crippen molar-refractivity contribution in [3.05, 3.63) is 72.4 Å². The summed E-state index contributed by atoms with van der Waals surface area (Å²) in [4.78, 5) is 0. The van der Waals surface area contributed by atoms with Gasteiger partial charge in [-0.3, -0.25) is 0 Å². The van der Waals surface area contributed by atoms with E-state index in [4.69, 9.17) is 18.9 Å². The lowest BCUT2D eigenvalue weighted by Crippen LogP contribution is -2.15. The van der Waals surface area contributed by atoms with E-state index in [0.717, 1.165) is 62.0 Å². The van der Waals surface area contributed by atoms with Gasteiger partial charge in [0.2, 0.25) is 0 Å². The Morgan fingerprint density at radius 3 is 2.32 bits per heavy atom. The summed E-state index contributed by atoms with van der Waals surface area (Å²) in [5.74, 6) is 3.10. The van der Waals surface area contributed by atoms with Crippen LogP contribution in [0.25, 0.3) is 33.4 Å². The van der Waals surface area contributed by atoms with Crippen LogP contribution >= 0.6 is 0 Å².